The maximum atomic E-state index is 12.4. The topological polar surface area (TPSA) is 104 Å². The highest BCUT2D eigenvalue weighted by molar-refractivity contribution is 6.22. The Bertz CT molecular complexity index is 752. The van der Waals surface area contributed by atoms with Gasteiger partial charge in [-0.2, -0.15) is 0 Å². The minimum atomic E-state index is -0.848. The van der Waals surface area contributed by atoms with Gasteiger partial charge < -0.3 is 10.4 Å². The average molecular weight is 344 g/mol. The number of fused-ring (bicyclic) bond motifs is 1. The van der Waals surface area contributed by atoms with Crippen LogP contribution in [0.25, 0.3) is 0 Å². The van der Waals surface area contributed by atoms with Crippen molar-refractivity contribution >= 4 is 23.7 Å². The molecule has 0 spiro atoms. The number of carbonyl (C=O) groups excluding carboxylic acids is 3. The summed E-state index contributed by atoms with van der Waals surface area (Å²) in [6.07, 6.45) is 2.44. The first kappa shape index (κ1) is 17.1. The van der Waals surface area contributed by atoms with Crippen molar-refractivity contribution in [1.29, 1.82) is 0 Å². The molecule has 1 aliphatic carbocycles. The Labute approximate surface area is 145 Å². The highest BCUT2D eigenvalue weighted by Crippen LogP contribution is 2.28. The molecule has 132 valence electrons. The van der Waals surface area contributed by atoms with Gasteiger partial charge >= 0.3 is 5.97 Å². The molecule has 0 atom stereocenters. The molecule has 2 aliphatic rings. The lowest BCUT2D eigenvalue weighted by molar-refractivity contribution is -0.145. The van der Waals surface area contributed by atoms with Crippen LogP contribution >= 0.6 is 0 Å². The number of unbranched alkanes of at least 4 members (excludes halogenated alkanes) is 1. The second kappa shape index (κ2) is 6.66. The third kappa shape index (κ3) is 3.14. The molecule has 1 aromatic rings. The van der Waals surface area contributed by atoms with Crippen molar-refractivity contribution in [2.75, 3.05) is 6.54 Å². The Hall–Kier alpha value is -2.70. The van der Waals surface area contributed by atoms with Crippen molar-refractivity contribution in [3.8, 4) is 0 Å². The molecule has 3 amide bonds. The highest BCUT2D eigenvalue weighted by Gasteiger charge is 2.37. The molecule has 7 nitrogen and oxygen atoms in total. The highest BCUT2D eigenvalue weighted by atomic mass is 16.4. The predicted octanol–water partition coefficient (Wildman–Crippen LogP) is 1.68. The first-order chi connectivity index (χ1) is 11.9. The van der Waals surface area contributed by atoms with E-state index in [1.807, 2.05) is 6.92 Å². The number of nitrogens with one attached hydrogen (secondary N) is 1. The summed E-state index contributed by atoms with van der Waals surface area (Å²) in [5.41, 5.74) is 0.883. The standard InChI is InChI=1S/C18H20N2O5/c1-2-3-6-20-16(22)13-5-4-10(9-14(13)17(20)23)15(21)19-12-7-11(8-12)18(24)25/h4-5,9,11-12H,2-3,6-8H2,1H3,(H,19,21)(H,24,25). The summed E-state index contributed by atoms with van der Waals surface area (Å²) < 4.78 is 0. The van der Waals surface area contributed by atoms with Crippen molar-refractivity contribution < 1.29 is 24.3 Å². The van der Waals surface area contributed by atoms with Crippen LogP contribution in [0.5, 0.6) is 0 Å². The van der Waals surface area contributed by atoms with Crippen LogP contribution in [0.15, 0.2) is 18.2 Å². The fourth-order valence-corrected chi connectivity index (χ4v) is 3.16. The Morgan fingerprint density at radius 3 is 2.52 bits per heavy atom. The summed E-state index contributed by atoms with van der Waals surface area (Å²) in [5, 5.41) is 11.6. The average Bonchev–Trinajstić information content (AvgIpc) is 2.79. The molecule has 1 aliphatic heterocycles. The SMILES string of the molecule is CCCCN1C(=O)c2ccc(C(=O)NC3CC(C(=O)O)C3)cc2C1=O. The number of imide groups is 1. The van der Waals surface area contributed by atoms with Gasteiger partial charge in [0.25, 0.3) is 17.7 Å². The number of nitrogens with zero attached hydrogens (tertiary/aromatic N) is 1. The molecule has 0 saturated heterocycles. The predicted molar refractivity (Wildman–Crippen MR) is 88.3 cm³/mol. The number of carboxylic acids is 1. The van der Waals surface area contributed by atoms with Gasteiger partial charge in [0.2, 0.25) is 0 Å². The van der Waals surface area contributed by atoms with Crippen LogP contribution in [0.1, 0.15) is 63.7 Å². The number of amides is 3. The fraction of sp³-hybridized carbons (Fsp3) is 0.444. The van der Waals surface area contributed by atoms with E-state index in [1.54, 1.807) is 0 Å². The second-order valence-electron chi connectivity index (χ2n) is 6.55. The Balaban J connectivity index is 1.69. The lowest BCUT2D eigenvalue weighted by Gasteiger charge is -2.32. The van der Waals surface area contributed by atoms with Crippen LogP contribution in [0.3, 0.4) is 0 Å². The Morgan fingerprint density at radius 1 is 1.20 bits per heavy atom. The van der Waals surface area contributed by atoms with E-state index in [2.05, 4.69) is 5.32 Å². The van der Waals surface area contributed by atoms with Gasteiger partial charge in [0.1, 0.15) is 0 Å². The van der Waals surface area contributed by atoms with Gasteiger partial charge in [0, 0.05) is 18.2 Å². The molecular formula is C18H20N2O5. The van der Waals surface area contributed by atoms with Crippen molar-refractivity contribution in [2.24, 2.45) is 5.92 Å². The van der Waals surface area contributed by atoms with Gasteiger partial charge in [-0.3, -0.25) is 24.1 Å². The zero-order valence-corrected chi connectivity index (χ0v) is 13.9. The fourth-order valence-electron chi connectivity index (χ4n) is 3.16. The molecule has 7 heteroatoms. The maximum absolute atomic E-state index is 12.4. The van der Waals surface area contributed by atoms with E-state index in [1.165, 1.54) is 23.1 Å². The number of hydrogen-bond donors (Lipinski definition) is 2. The number of rotatable bonds is 6. The Morgan fingerprint density at radius 2 is 1.88 bits per heavy atom. The number of aliphatic carboxylic acids is 1. The van der Waals surface area contributed by atoms with E-state index < -0.39 is 11.9 Å². The summed E-state index contributed by atoms with van der Waals surface area (Å²) in [6, 6.07) is 4.32. The van der Waals surface area contributed by atoms with Crippen LogP contribution in [-0.4, -0.2) is 46.3 Å². The summed E-state index contributed by atoms with van der Waals surface area (Å²) >= 11 is 0. The number of carboxylic acid groups (broad SMARTS) is 1. The van der Waals surface area contributed by atoms with E-state index in [0.717, 1.165) is 12.8 Å². The van der Waals surface area contributed by atoms with Gasteiger partial charge in [0.05, 0.1) is 17.0 Å². The van der Waals surface area contributed by atoms with E-state index in [9.17, 15) is 19.2 Å². The van der Waals surface area contributed by atoms with E-state index in [0.29, 0.717) is 30.5 Å². The summed E-state index contributed by atoms with van der Waals surface area (Å²) in [5.74, 6) is -2.29. The third-order valence-electron chi connectivity index (χ3n) is 4.79. The van der Waals surface area contributed by atoms with Gasteiger partial charge in [-0.1, -0.05) is 13.3 Å². The van der Waals surface area contributed by atoms with Gasteiger partial charge in [-0.15, -0.1) is 0 Å². The van der Waals surface area contributed by atoms with Crippen LogP contribution in [0.4, 0.5) is 0 Å². The maximum Gasteiger partial charge on any atom is 0.306 e. The minimum absolute atomic E-state index is 0.166. The second-order valence-corrected chi connectivity index (χ2v) is 6.55. The molecular weight excluding hydrogens is 324 g/mol. The first-order valence-corrected chi connectivity index (χ1v) is 8.46. The van der Waals surface area contributed by atoms with E-state index in [4.69, 9.17) is 5.11 Å². The third-order valence-corrected chi connectivity index (χ3v) is 4.79. The summed E-state index contributed by atoms with van der Waals surface area (Å²) in [6.45, 7) is 2.36. The molecule has 0 bridgehead atoms. The van der Waals surface area contributed by atoms with Gasteiger partial charge in [-0.25, -0.2) is 0 Å². The molecule has 1 saturated carbocycles. The molecule has 0 aromatic heterocycles. The first-order valence-electron chi connectivity index (χ1n) is 8.46. The number of benzene rings is 1. The Kier molecular flexibility index (Phi) is 4.57. The molecule has 1 heterocycles. The molecule has 0 radical (unpaired) electrons. The summed E-state index contributed by atoms with van der Waals surface area (Å²) in [4.78, 5) is 49.0. The zero-order chi connectivity index (χ0) is 18.1. The number of hydrogen-bond acceptors (Lipinski definition) is 4. The van der Waals surface area contributed by atoms with Crippen molar-refractivity contribution in [2.45, 2.75) is 38.6 Å². The van der Waals surface area contributed by atoms with Crippen LogP contribution in [0.2, 0.25) is 0 Å². The normalized spacial score (nSPS) is 21.7. The molecule has 2 N–H and O–H groups in total. The quantitative estimate of drug-likeness (QED) is 0.764. The van der Waals surface area contributed by atoms with E-state index in [-0.39, 0.29) is 29.3 Å². The van der Waals surface area contributed by atoms with Gasteiger partial charge in [-0.05, 0) is 37.5 Å². The lowest BCUT2D eigenvalue weighted by atomic mass is 9.80. The molecule has 25 heavy (non-hydrogen) atoms. The van der Waals surface area contributed by atoms with Crippen LogP contribution < -0.4 is 5.32 Å². The van der Waals surface area contributed by atoms with E-state index >= 15 is 0 Å². The zero-order valence-electron chi connectivity index (χ0n) is 13.9. The minimum Gasteiger partial charge on any atom is -0.481 e. The van der Waals surface area contributed by atoms with Crippen molar-refractivity contribution in [3.05, 3.63) is 34.9 Å². The molecule has 1 fully saturated rings. The number of carbonyl (C=O) groups is 4. The van der Waals surface area contributed by atoms with Crippen LogP contribution in [0, 0.1) is 5.92 Å². The monoisotopic (exact) mass is 344 g/mol. The molecule has 1 aromatic carbocycles. The molecule has 3 rings (SSSR count). The molecule has 0 unspecified atom stereocenters. The largest absolute Gasteiger partial charge is 0.481 e. The smallest absolute Gasteiger partial charge is 0.306 e. The van der Waals surface area contributed by atoms with Crippen molar-refractivity contribution in [3.63, 3.8) is 0 Å². The van der Waals surface area contributed by atoms with Crippen molar-refractivity contribution in [1.82, 2.24) is 10.2 Å². The van der Waals surface area contributed by atoms with Gasteiger partial charge in [0.15, 0.2) is 0 Å². The summed E-state index contributed by atoms with van der Waals surface area (Å²) in [7, 11) is 0. The van der Waals surface area contributed by atoms with Crippen LogP contribution in [-0.2, 0) is 4.79 Å². The lowest BCUT2D eigenvalue weighted by Crippen LogP contribution is -2.46.